The third kappa shape index (κ3) is 5.38. The van der Waals surface area contributed by atoms with E-state index in [9.17, 15) is 14.4 Å². The molecular weight excluding hydrogens is 388 g/mol. The average molecular weight is 413 g/mol. The van der Waals surface area contributed by atoms with Gasteiger partial charge in [-0.1, -0.05) is 35.9 Å². The molecule has 0 bridgehead atoms. The van der Waals surface area contributed by atoms with Gasteiger partial charge in [0.25, 0.3) is 5.91 Å². The van der Waals surface area contributed by atoms with Gasteiger partial charge in [-0.15, -0.1) is 11.8 Å². The number of nitrogens with zero attached hydrogens (tertiary/aromatic N) is 1. The van der Waals surface area contributed by atoms with Crippen molar-refractivity contribution in [3.05, 3.63) is 59.2 Å². The number of aryl methyl sites for hydroxylation is 2. The molecule has 1 aliphatic rings. The van der Waals surface area contributed by atoms with Crippen LogP contribution in [0.25, 0.3) is 0 Å². The van der Waals surface area contributed by atoms with Gasteiger partial charge in [-0.25, -0.2) is 0 Å². The van der Waals surface area contributed by atoms with Crippen molar-refractivity contribution < 1.29 is 19.1 Å². The van der Waals surface area contributed by atoms with Gasteiger partial charge in [-0.3, -0.25) is 14.4 Å². The van der Waals surface area contributed by atoms with Crippen LogP contribution in [-0.2, 0) is 25.7 Å². The average Bonchev–Trinajstić information content (AvgIpc) is 2.68. The zero-order valence-corrected chi connectivity index (χ0v) is 17.5. The predicted molar refractivity (Wildman–Crippen MR) is 113 cm³/mol. The highest BCUT2D eigenvalue weighted by Crippen LogP contribution is 2.36. The monoisotopic (exact) mass is 412 g/mol. The maximum Gasteiger partial charge on any atom is 0.307 e. The molecule has 2 amide bonds. The number of para-hydroxylation sites is 1. The van der Waals surface area contributed by atoms with E-state index in [2.05, 4.69) is 11.4 Å². The summed E-state index contributed by atoms with van der Waals surface area (Å²) in [6, 6.07) is 13.5. The Balaban J connectivity index is 1.48. The summed E-state index contributed by atoms with van der Waals surface area (Å²) >= 11 is 1.33. The fourth-order valence-corrected chi connectivity index (χ4v) is 4.15. The van der Waals surface area contributed by atoms with E-state index in [1.54, 1.807) is 7.05 Å². The fraction of sp³-hybridized carbons (Fsp3) is 0.318. The highest BCUT2D eigenvalue weighted by molar-refractivity contribution is 8.01. The summed E-state index contributed by atoms with van der Waals surface area (Å²) in [5.74, 6) is -1.08. The van der Waals surface area contributed by atoms with Crippen LogP contribution in [0.15, 0.2) is 47.4 Å². The lowest BCUT2D eigenvalue weighted by Crippen LogP contribution is -2.34. The van der Waals surface area contributed by atoms with Crippen molar-refractivity contribution in [2.45, 2.75) is 37.0 Å². The van der Waals surface area contributed by atoms with E-state index in [0.29, 0.717) is 6.54 Å². The molecule has 29 heavy (non-hydrogen) atoms. The minimum atomic E-state index is -0.569. The number of benzene rings is 2. The Labute approximate surface area is 174 Å². The van der Waals surface area contributed by atoms with Gasteiger partial charge >= 0.3 is 5.97 Å². The van der Waals surface area contributed by atoms with E-state index in [4.69, 9.17) is 4.74 Å². The number of nitrogens with one attached hydrogen (secondary N) is 1. The van der Waals surface area contributed by atoms with Gasteiger partial charge < -0.3 is 15.0 Å². The largest absolute Gasteiger partial charge is 0.456 e. The molecule has 152 valence electrons. The minimum absolute atomic E-state index is 0.0844. The first-order chi connectivity index (χ1) is 13.8. The van der Waals surface area contributed by atoms with Crippen molar-refractivity contribution in [1.82, 2.24) is 4.90 Å². The summed E-state index contributed by atoms with van der Waals surface area (Å²) in [5.41, 5.74) is 4.07. The molecule has 1 N–H and O–H groups in total. The number of ether oxygens (including phenoxy) is 1. The fourth-order valence-electron chi connectivity index (χ4n) is 3.06. The van der Waals surface area contributed by atoms with Gasteiger partial charge in [-0.2, -0.15) is 0 Å². The van der Waals surface area contributed by atoms with Crippen LogP contribution >= 0.6 is 11.8 Å². The molecule has 1 heterocycles. The van der Waals surface area contributed by atoms with Crippen molar-refractivity contribution in [3.8, 4) is 0 Å². The molecule has 1 aliphatic heterocycles. The van der Waals surface area contributed by atoms with Crippen LogP contribution in [0.2, 0.25) is 0 Å². The Kier molecular flexibility index (Phi) is 6.59. The van der Waals surface area contributed by atoms with Gasteiger partial charge in [0.05, 0.1) is 17.4 Å². The topological polar surface area (TPSA) is 75.7 Å². The highest BCUT2D eigenvalue weighted by atomic mass is 32.2. The summed E-state index contributed by atoms with van der Waals surface area (Å²) in [6.07, 6.45) is -0.0844. The minimum Gasteiger partial charge on any atom is -0.456 e. The summed E-state index contributed by atoms with van der Waals surface area (Å²) in [6.45, 7) is 4.14. The SMILES string of the molecule is Cc1ccc(CN(C)C(=O)COC(=O)C[C@@H]2Sc3ccccc3NC2=O)c(C)c1. The first-order valence-electron chi connectivity index (χ1n) is 9.36. The normalized spacial score (nSPS) is 15.3. The van der Waals surface area contributed by atoms with Crippen molar-refractivity contribution in [1.29, 1.82) is 0 Å². The highest BCUT2D eigenvalue weighted by Gasteiger charge is 2.29. The second-order valence-corrected chi connectivity index (χ2v) is 8.38. The van der Waals surface area contributed by atoms with Gasteiger partial charge in [0.1, 0.15) is 0 Å². The molecule has 0 saturated carbocycles. The molecule has 0 aliphatic carbocycles. The molecule has 0 spiro atoms. The van der Waals surface area contributed by atoms with E-state index in [0.717, 1.165) is 21.7 Å². The first kappa shape index (κ1) is 20.9. The number of esters is 1. The molecule has 0 saturated heterocycles. The number of rotatable bonds is 6. The lowest BCUT2D eigenvalue weighted by Gasteiger charge is -2.23. The zero-order valence-electron chi connectivity index (χ0n) is 16.7. The van der Waals surface area contributed by atoms with Gasteiger partial charge in [0, 0.05) is 18.5 Å². The molecule has 0 radical (unpaired) electrons. The molecule has 1 atom stereocenters. The Morgan fingerprint density at radius 2 is 1.93 bits per heavy atom. The van der Waals surface area contributed by atoms with Crippen molar-refractivity contribution >= 4 is 35.2 Å². The van der Waals surface area contributed by atoms with Gasteiger partial charge in [-0.05, 0) is 37.1 Å². The number of amides is 2. The van der Waals surface area contributed by atoms with E-state index >= 15 is 0 Å². The first-order valence-corrected chi connectivity index (χ1v) is 10.2. The quantitative estimate of drug-likeness (QED) is 0.737. The van der Waals surface area contributed by atoms with Crippen molar-refractivity contribution in [2.75, 3.05) is 19.0 Å². The van der Waals surface area contributed by atoms with Gasteiger partial charge in [0.2, 0.25) is 5.91 Å². The third-order valence-electron chi connectivity index (χ3n) is 4.75. The van der Waals surface area contributed by atoms with Crippen molar-refractivity contribution in [3.63, 3.8) is 0 Å². The number of carbonyl (C=O) groups is 3. The lowest BCUT2D eigenvalue weighted by molar-refractivity contribution is -0.152. The Bertz CT molecular complexity index is 944. The van der Waals surface area contributed by atoms with Crippen LogP contribution < -0.4 is 5.32 Å². The Morgan fingerprint density at radius 1 is 1.17 bits per heavy atom. The van der Waals surface area contributed by atoms with E-state index in [-0.39, 0.29) is 24.8 Å². The summed E-state index contributed by atoms with van der Waals surface area (Å²) in [4.78, 5) is 39.1. The van der Waals surface area contributed by atoms with Crippen molar-refractivity contribution in [2.24, 2.45) is 0 Å². The molecule has 0 unspecified atom stereocenters. The van der Waals surface area contributed by atoms with Crippen LogP contribution in [-0.4, -0.2) is 41.6 Å². The van der Waals surface area contributed by atoms with E-state index in [1.165, 1.54) is 22.2 Å². The number of hydrogen-bond acceptors (Lipinski definition) is 5. The number of hydrogen-bond donors (Lipinski definition) is 1. The van der Waals surface area contributed by atoms with E-state index in [1.807, 2.05) is 50.2 Å². The van der Waals surface area contributed by atoms with Crippen LogP contribution in [0.5, 0.6) is 0 Å². The Hall–Kier alpha value is -2.80. The predicted octanol–water partition coefficient (Wildman–Crippen LogP) is 3.31. The molecule has 0 fully saturated rings. The van der Waals surface area contributed by atoms with Gasteiger partial charge in [0.15, 0.2) is 6.61 Å². The Morgan fingerprint density at radius 3 is 2.69 bits per heavy atom. The van der Waals surface area contributed by atoms with Crippen LogP contribution in [0.4, 0.5) is 5.69 Å². The molecule has 6 nitrogen and oxygen atoms in total. The second-order valence-electron chi connectivity index (χ2n) is 7.14. The number of thioether (sulfide) groups is 1. The number of anilines is 1. The summed E-state index contributed by atoms with van der Waals surface area (Å²) in [7, 11) is 1.68. The van der Waals surface area contributed by atoms with Crippen LogP contribution in [0.1, 0.15) is 23.1 Å². The molecule has 2 aromatic carbocycles. The number of fused-ring (bicyclic) bond motifs is 1. The molecule has 3 rings (SSSR count). The maximum atomic E-state index is 12.3. The zero-order chi connectivity index (χ0) is 21.0. The summed E-state index contributed by atoms with van der Waals surface area (Å²) in [5, 5.41) is 2.22. The molecule has 7 heteroatoms. The van der Waals surface area contributed by atoms with E-state index < -0.39 is 11.2 Å². The molecular formula is C22H24N2O4S. The maximum absolute atomic E-state index is 12.3. The smallest absolute Gasteiger partial charge is 0.307 e. The van der Waals surface area contributed by atoms with Crippen LogP contribution in [0, 0.1) is 13.8 Å². The summed E-state index contributed by atoms with van der Waals surface area (Å²) < 4.78 is 5.13. The standard InChI is InChI=1S/C22H24N2O4S/c1-14-8-9-16(15(2)10-14)12-24(3)20(25)13-28-21(26)11-19-22(27)23-17-6-4-5-7-18(17)29-19/h4-10,19H,11-13H2,1-3H3,(H,23,27)/t19-/m0/s1. The molecule has 0 aromatic heterocycles. The molecule has 2 aromatic rings. The number of likely N-dealkylation sites (N-methyl/N-ethyl adjacent to an activating group) is 1. The number of carbonyl (C=O) groups excluding carboxylic acids is 3. The lowest BCUT2D eigenvalue weighted by atomic mass is 10.1. The third-order valence-corrected chi connectivity index (χ3v) is 6.02. The van der Waals surface area contributed by atoms with Crippen LogP contribution in [0.3, 0.4) is 0 Å². The second kappa shape index (κ2) is 9.13.